The van der Waals surface area contributed by atoms with Gasteiger partial charge in [-0.1, -0.05) is 63.3 Å². The molecule has 210 valence electrons. The molecule has 0 heterocycles. The third-order valence-corrected chi connectivity index (χ3v) is 11.3. The van der Waals surface area contributed by atoms with Gasteiger partial charge < -0.3 is 20.7 Å². The van der Waals surface area contributed by atoms with Gasteiger partial charge in [-0.15, -0.1) is 0 Å². The standard InChI is InChI=1S/C33H43NO5/c1-19-12-26-31(29(19)37,23-10-11-23)17-22(18-35)14-25-28-30(3,4)32(28,16-20(2)33(25,26)38)39-27(36)15-24(34)13-21-8-6-5-7-9-21/h5-9,12,14,20,23-26,28,35,38H,10-11,13,15-18,34H2,1-4H3/t20-,24+,25+,26-,28-,31-,32+,33-/m1/s1. The highest BCUT2D eigenvalue weighted by Crippen LogP contribution is 2.78. The highest BCUT2D eigenvalue weighted by atomic mass is 16.6. The number of aliphatic hydroxyl groups is 2. The second kappa shape index (κ2) is 8.86. The number of Topliss-reactive ketones (excluding diaryl/α,β-unsaturated/α-hetero) is 1. The first kappa shape index (κ1) is 26.9. The van der Waals surface area contributed by atoms with Crippen LogP contribution in [0.4, 0.5) is 0 Å². The Morgan fingerprint density at radius 2 is 1.87 bits per heavy atom. The van der Waals surface area contributed by atoms with E-state index in [1.165, 1.54) is 0 Å². The fourth-order valence-electron chi connectivity index (χ4n) is 9.32. The maximum absolute atomic E-state index is 13.8. The molecule has 0 bridgehead atoms. The van der Waals surface area contributed by atoms with Gasteiger partial charge in [0.15, 0.2) is 5.78 Å². The average molecular weight is 534 g/mol. The van der Waals surface area contributed by atoms with Crippen LogP contribution in [0.15, 0.2) is 53.6 Å². The molecule has 0 aliphatic heterocycles. The molecule has 1 aromatic rings. The largest absolute Gasteiger partial charge is 0.458 e. The van der Waals surface area contributed by atoms with E-state index in [0.29, 0.717) is 19.3 Å². The minimum Gasteiger partial charge on any atom is -0.458 e. The number of hydrogen-bond donors (Lipinski definition) is 3. The van der Waals surface area contributed by atoms with E-state index in [9.17, 15) is 19.8 Å². The zero-order valence-electron chi connectivity index (χ0n) is 23.7. The van der Waals surface area contributed by atoms with Gasteiger partial charge in [0.1, 0.15) is 5.60 Å². The molecule has 0 amide bonds. The van der Waals surface area contributed by atoms with E-state index in [1.807, 2.05) is 43.3 Å². The van der Waals surface area contributed by atoms with E-state index in [1.54, 1.807) is 0 Å². The molecule has 0 unspecified atom stereocenters. The first-order chi connectivity index (χ1) is 18.4. The maximum atomic E-state index is 13.8. The summed E-state index contributed by atoms with van der Waals surface area (Å²) in [5.74, 6) is -0.886. The van der Waals surface area contributed by atoms with Gasteiger partial charge in [-0.3, -0.25) is 9.59 Å². The first-order valence-corrected chi connectivity index (χ1v) is 14.7. The molecule has 3 saturated carbocycles. The van der Waals surface area contributed by atoms with Crippen LogP contribution in [-0.2, 0) is 20.7 Å². The zero-order chi connectivity index (χ0) is 28.0. The number of carbonyl (C=O) groups is 2. The van der Waals surface area contributed by atoms with Gasteiger partial charge in [-0.2, -0.15) is 0 Å². The molecular formula is C33H43NO5. The number of esters is 1. The quantitative estimate of drug-likeness (QED) is 0.359. The predicted molar refractivity (Wildman–Crippen MR) is 148 cm³/mol. The summed E-state index contributed by atoms with van der Waals surface area (Å²) in [7, 11) is 0. The molecule has 6 heteroatoms. The third-order valence-electron chi connectivity index (χ3n) is 11.3. The lowest BCUT2D eigenvalue weighted by molar-refractivity contribution is -0.179. The van der Waals surface area contributed by atoms with E-state index in [-0.39, 0.29) is 65.8 Å². The maximum Gasteiger partial charge on any atom is 0.307 e. The van der Waals surface area contributed by atoms with Crippen LogP contribution in [0, 0.1) is 40.4 Å². The Morgan fingerprint density at radius 1 is 1.18 bits per heavy atom. The molecule has 3 fully saturated rings. The lowest BCUT2D eigenvalue weighted by atomic mass is 9.55. The van der Waals surface area contributed by atoms with Gasteiger partial charge in [0.2, 0.25) is 0 Å². The van der Waals surface area contributed by atoms with Gasteiger partial charge in [-0.25, -0.2) is 0 Å². The lowest BCUT2D eigenvalue weighted by Crippen LogP contribution is -2.59. The van der Waals surface area contributed by atoms with Crippen LogP contribution in [0.2, 0.25) is 0 Å². The summed E-state index contributed by atoms with van der Waals surface area (Å²) in [6, 6.07) is 9.57. The molecule has 0 saturated heterocycles. The van der Waals surface area contributed by atoms with Crippen LogP contribution in [-0.4, -0.2) is 45.8 Å². The van der Waals surface area contributed by atoms with E-state index >= 15 is 0 Å². The fourth-order valence-corrected chi connectivity index (χ4v) is 9.32. The molecule has 0 aromatic heterocycles. The van der Waals surface area contributed by atoms with Crippen molar-refractivity contribution in [3.63, 3.8) is 0 Å². The number of nitrogens with two attached hydrogens (primary N) is 1. The summed E-state index contributed by atoms with van der Waals surface area (Å²) in [5.41, 5.74) is 6.09. The van der Waals surface area contributed by atoms with Crippen molar-refractivity contribution in [2.75, 3.05) is 6.61 Å². The molecule has 6 nitrogen and oxygen atoms in total. The Bertz CT molecular complexity index is 1250. The van der Waals surface area contributed by atoms with Crippen LogP contribution in [0.1, 0.15) is 65.4 Å². The van der Waals surface area contributed by atoms with E-state index in [4.69, 9.17) is 10.5 Å². The monoisotopic (exact) mass is 533 g/mol. The molecule has 0 spiro atoms. The summed E-state index contributed by atoms with van der Waals surface area (Å²) in [4.78, 5) is 27.1. The van der Waals surface area contributed by atoms with Crippen LogP contribution in [0.5, 0.6) is 0 Å². The van der Waals surface area contributed by atoms with E-state index in [2.05, 4.69) is 26.8 Å². The van der Waals surface area contributed by atoms with Gasteiger partial charge in [0.05, 0.1) is 18.6 Å². The number of allylic oxidation sites excluding steroid dienone is 1. The molecule has 8 atom stereocenters. The predicted octanol–water partition coefficient (Wildman–Crippen LogP) is 4.14. The Morgan fingerprint density at radius 3 is 2.51 bits per heavy atom. The smallest absolute Gasteiger partial charge is 0.307 e. The second-order valence-electron chi connectivity index (χ2n) is 13.9. The fraction of sp³-hybridized carbons (Fsp3) is 0.636. The topological polar surface area (TPSA) is 110 Å². The van der Waals surface area contributed by atoms with Crippen LogP contribution >= 0.6 is 0 Å². The van der Waals surface area contributed by atoms with Gasteiger partial charge in [-0.05, 0) is 67.6 Å². The van der Waals surface area contributed by atoms with Crippen LogP contribution in [0.3, 0.4) is 0 Å². The van der Waals surface area contributed by atoms with Crippen molar-refractivity contribution >= 4 is 11.8 Å². The first-order valence-electron chi connectivity index (χ1n) is 14.7. The Hall–Kier alpha value is -2.28. The SMILES string of the molecule is CC1=C[C@H]2[C@@]3(O)[C@H](C)C[C@]4(OC(=O)C[C@@H](N)Cc5ccccc5)[C@H]([C@@H]3C=C(CO)C[C@]2(C2CC2)C1=O)C4(C)C. The van der Waals surface area contributed by atoms with Crippen molar-refractivity contribution in [1.29, 1.82) is 0 Å². The van der Waals surface area contributed by atoms with Crippen molar-refractivity contribution in [2.45, 2.75) is 83.5 Å². The average Bonchev–Trinajstić information content (AvgIpc) is 3.77. The Kier molecular flexibility index (Phi) is 6.11. The summed E-state index contributed by atoms with van der Waals surface area (Å²) in [6.45, 7) is 8.04. The minimum absolute atomic E-state index is 0.110. The molecule has 5 aliphatic carbocycles. The number of ether oxygens (including phenoxy) is 1. The highest BCUT2D eigenvalue weighted by Gasteiger charge is 2.83. The van der Waals surface area contributed by atoms with Crippen molar-refractivity contribution in [2.24, 2.45) is 46.2 Å². The van der Waals surface area contributed by atoms with Crippen molar-refractivity contribution < 1.29 is 24.5 Å². The normalized spacial score (nSPS) is 40.8. The number of ketones is 1. The third kappa shape index (κ3) is 3.70. The molecule has 1 aromatic carbocycles. The van der Waals surface area contributed by atoms with E-state index < -0.39 is 16.6 Å². The van der Waals surface area contributed by atoms with Gasteiger partial charge >= 0.3 is 5.97 Å². The number of fused-ring (bicyclic) bond motifs is 5. The van der Waals surface area contributed by atoms with Crippen molar-refractivity contribution in [1.82, 2.24) is 0 Å². The van der Waals surface area contributed by atoms with Gasteiger partial charge in [0, 0.05) is 34.6 Å². The molecule has 6 rings (SSSR count). The summed E-state index contributed by atoms with van der Waals surface area (Å²) in [6.07, 6.45) is 7.82. The molecule has 5 aliphatic rings. The Balaban J connectivity index is 1.31. The second-order valence-corrected chi connectivity index (χ2v) is 13.9. The van der Waals surface area contributed by atoms with Crippen molar-refractivity contribution in [3.8, 4) is 0 Å². The Labute approximate surface area is 231 Å². The van der Waals surface area contributed by atoms with Crippen molar-refractivity contribution in [3.05, 3.63) is 59.2 Å². The van der Waals surface area contributed by atoms with Crippen LogP contribution in [0.25, 0.3) is 0 Å². The molecule has 4 N–H and O–H groups in total. The molecule has 0 radical (unpaired) electrons. The number of carbonyl (C=O) groups excluding carboxylic acids is 2. The van der Waals surface area contributed by atoms with Crippen LogP contribution < -0.4 is 5.73 Å². The number of rotatable bonds is 7. The number of benzene rings is 1. The lowest BCUT2D eigenvalue weighted by Gasteiger charge is -2.52. The molecule has 39 heavy (non-hydrogen) atoms. The zero-order valence-corrected chi connectivity index (χ0v) is 23.7. The number of hydrogen-bond acceptors (Lipinski definition) is 6. The van der Waals surface area contributed by atoms with Gasteiger partial charge in [0.25, 0.3) is 0 Å². The summed E-state index contributed by atoms with van der Waals surface area (Å²) in [5, 5.41) is 23.2. The molecular weight excluding hydrogens is 490 g/mol. The van der Waals surface area contributed by atoms with E-state index in [0.717, 1.165) is 29.6 Å². The minimum atomic E-state index is -1.16. The number of aliphatic hydroxyl groups excluding tert-OH is 1. The summed E-state index contributed by atoms with van der Waals surface area (Å²) < 4.78 is 6.39. The summed E-state index contributed by atoms with van der Waals surface area (Å²) >= 11 is 0. The highest BCUT2D eigenvalue weighted by molar-refractivity contribution is 6.03.